The van der Waals surface area contributed by atoms with Crippen molar-refractivity contribution in [2.45, 2.75) is 6.92 Å². The van der Waals surface area contributed by atoms with E-state index >= 15 is 0 Å². The van der Waals surface area contributed by atoms with Gasteiger partial charge in [-0.1, -0.05) is 11.6 Å². The van der Waals surface area contributed by atoms with Gasteiger partial charge in [-0.3, -0.25) is 4.79 Å². The van der Waals surface area contributed by atoms with Crippen LogP contribution >= 0.6 is 11.6 Å². The third-order valence-corrected chi connectivity index (χ3v) is 2.48. The fraction of sp³-hybridized carbons (Fsp3) is 0.100. The second-order valence-corrected chi connectivity index (χ2v) is 3.70. The first-order valence-electron chi connectivity index (χ1n) is 4.42. The van der Waals surface area contributed by atoms with E-state index in [9.17, 15) is 9.59 Å². The molecule has 2 aromatic heterocycles. The number of H-pyrrole nitrogens is 1. The van der Waals surface area contributed by atoms with Gasteiger partial charge in [-0.05, 0) is 19.1 Å². The van der Waals surface area contributed by atoms with Gasteiger partial charge in [0.25, 0.3) is 5.56 Å². The molecule has 6 heteroatoms. The number of carboxylic acid groups (broad SMARTS) is 1. The maximum Gasteiger partial charge on any atom is 0.338 e. The summed E-state index contributed by atoms with van der Waals surface area (Å²) in [5.41, 5.74) is 0.922. The van der Waals surface area contributed by atoms with Gasteiger partial charge in [0.05, 0.1) is 16.6 Å². The largest absolute Gasteiger partial charge is 0.478 e. The standard InChI is InChI=1S/C10H7ClN2O3/c1-4-2-6-7(13-9(4)14)3-5(10(15)16)8(11)12-6/h2-3H,1H3,(H,13,14)(H,15,16). The van der Waals surface area contributed by atoms with Crippen LogP contribution in [0.15, 0.2) is 16.9 Å². The molecule has 0 aliphatic heterocycles. The molecule has 0 radical (unpaired) electrons. The van der Waals surface area contributed by atoms with Crippen LogP contribution in [0.25, 0.3) is 11.0 Å². The Kier molecular flexibility index (Phi) is 2.40. The molecule has 0 bridgehead atoms. The summed E-state index contributed by atoms with van der Waals surface area (Å²) in [6, 6.07) is 2.86. The number of hydrogen-bond donors (Lipinski definition) is 2. The number of fused-ring (bicyclic) bond motifs is 1. The van der Waals surface area contributed by atoms with Crippen LogP contribution in [0.2, 0.25) is 5.15 Å². The van der Waals surface area contributed by atoms with Crippen LogP contribution in [0, 0.1) is 6.92 Å². The smallest absolute Gasteiger partial charge is 0.338 e. The normalized spacial score (nSPS) is 10.6. The maximum atomic E-state index is 11.3. The Hall–Kier alpha value is -1.88. The molecule has 82 valence electrons. The number of aromatic carboxylic acids is 1. The average molecular weight is 239 g/mol. The fourth-order valence-electron chi connectivity index (χ4n) is 1.36. The van der Waals surface area contributed by atoms with Crippen LogP contribution in [0.3, 0.4) is 0 Å². The zero-order chi connectivity index (χ0) is 11.9. The summed E-state index contributed by atoms with van der Waals surface area (Å²) in [6.07, 6.45) is 0. The monoisotopic (exact) mass is 238 g/mol. The topological polar surface area (TPSA) is 83.0 Å². The lowest BCUT2D eigenvalue weighted by molar-refractivity contribution is 0.0697. The number of pyridine rings is 2. The van der Waals surface area contributed by atoms with Gasteiger partial charge in [0.2, 0.25) is 0 Å². The molecule has 0 aliphatic rings. The number of nitrogens with one attached hydrogen (secondary N) is 1. The van der Waals surface area contributed by atoms with Crippen molar-refractivity contribution in [2.75, 3.05) is 0 Å². The van der Waals surface area contributed by atoms with Gasteiger partial charge in [0, 0.05) is 5.56 Å². The van der Waals surface area contributed by atoms with Crippen molar-refractivity contribution in [3.63, 3.8) is 0 Å². The van der Waals surface area contributed by atoms with E-state index in [1.165, 1.54) is 6.07 Å². The number of aryl methyl sites for hydroxylation is 1. The highest BCUT2D eigenvalue weighted by Gasteiger charge is 2.12. The summed E-state index contributed by atoms with van der Waals surface area (Å²) in [5, 5.41) is 8.74. The van der Waals surface area contributed by atoms with E-state index in [4.69, 9.17) is 16.7 Å². The second-order valence-electron chi connectivity index (χ2n) is 3.35. The SMILES string of the molecule is Cc1cc2nc(Cl)c(C(=O)O)cc2[nH]c1=O. The number of aromatic nitrogens is 2. The number of nitrogens with zero attached hydrogens (tertiary/aromatic N) is 1. The highest BCUT2D eigenvalue weighted by molar-refractivity contribution is 6.32. The van der Waals surface area contributed by atoms with Crippen LogP contribution in [-0.4, -0.2) is 21.0 Å². The molecule has 0 atom stereocenters. The number of rotatable bonds is 1. The van der Waals surface area contributed by atoms with Gasteiger partial charge < -0.3 is 10.1 Å². The van der Waals surface area contributed by atoms with Gasteiger partial charge in [0.1, 0.15) is 5.15 Å². The summed E-state index contributed by atoms with van der Waals surface area (Å²) in [6.45, 7) is 1.64. The number of carbonyl (C=O) groups is 1. The molecule has 0 saturated heterocycles. The van der Waals surface area contributed by atoms with E-state index in [2.05, 4.69) is 9.97 Å². The van der Waals surface area contributed by atoms with Crippen molar-refractivity contribution in [3.8, 4) is 0 Å². The molecule has 16 heavy (non-hydrogen) atoms. The Balaban J connectivity index is 2.85. The van der Waals surface area contributed by atoms with Crippen molar-refractivity contribution in [2.24, 2.45) is 0 Å². The number of carboxylic acids is 1. The molecule has 0 aliphatic carbocycles. The van der Waals surface area contributed by atoms with E-state index in [1.807, 2.05) is 0 Å². The first-order valence-corrected chi connectivity index (χ1v) is 4.80. The number of hydrogen-bond acceptors (Lipinski definition) is 3. The van der Waals surface area contributed by atoms with E-state index < -0.39 is 5.97 Å². The molecule has 0 aromatic carbocycles. The molecule has 5 nitrogen and oxygen atoms in total. The Morgan fingerprint density at radius 1 is 1.50 bits per heavy atom. The van der Waals surface area contributed by atoms with E-state index in [-0.39, 0.29) is 16.3 Å². The van der Waals surface area contributed by atoms with Crippen LogP contribution < -0.4 is 5.56 Å². The molecule has 0 fully saturated rings. The molecule has 0 amide bonds. The Morgan fingerprint density at radius 2 is 2.19 bits per heavy atom. The lowest BCUT2D eigenvalue weighted by Crippen LogP contribution is -2.10. The molecular weight excluding hydrogens is 232 g/mol. The highest BCUT2D eigenvalue weighted by atomic mass is 35.5. The zero-order valence-corrected chi connectivity index (χ0v) is 9.00. The van der Waals surface area contributed by atoms with Crippen molar-refractivity contribution in [3.05, 3.63) is 38.8 Å². The van der Waals surface area contributed by atoms with E-state index in [1.54, 1.807) is 13.0 Å². The molecule has 0 spiro atoms. The third-order valence-electron chi connectivity index (χ3n) is 2.20. The van der Waals surface area contributed by atoms with Crippen LogP contribution in [0.4, 0.5) is 0 Å². The first-order chi connectivity index (χ1) is 7.49. The van der Waals surface area contributed by atoms with E-state index in [0.29, 0.717) is 16.6 Å². The molecule has 0 saturated carbocycles. The highest BCUT2D eigenvalue weighted by Crippen LogP contribution is 2.18. The summed E-state index contributed by atoms with van der Waals surface area (Å²) >= 11 is 5.71. The second kappa shape index (κ2) is 3.61. The average Bonchev–Trinajstić information content (AvgIpc) is 2.19. The lowest BCUT2D eigenvalue weighted by Gasteiger charge is -2.02. The number of aromatic amines is 1. The van der Waals surface area contributed by atoms with Crippen molar-refractivity contribution in [1.29, 1.82) is 0 Å². The molecule has 0 unspecified atom stereocenters. The molecule has 2 heterocycles. The van der Waals surface area contributed by atoms with Gasteiger partial charge in [-0.15, -0.1) is 0 Å². The third kappa shape index (κ3) is 1.65. The zero-order valence-electron chi connectivity index (χ0n) is 8.24. The van der Waals surface area contributed by atoms with Crippen molar-refractivity contribution in [1.82, 2.24) is 9.97 Å². The summed E-state index contributed by atoms with van der Waals surface area (Å²) < 4.78 is 0. The minimum atomic E-state index is -1.18. The predicted octanol–water partition coefficient (Wildman–Crippen LogP) is 1.58. The lowest BCUT2D eigenvalue weighted by atomic mass is 10.2. The van der Waals surface area contributed by atoms with Crippen LogP contribution in [-0.2, 0) is 0 Å². The van der Waals surface area contributed by atoms with Gasteiger partial charge in [0.15, 0.2) is 0 Å². The molecule has 2 rings (SSSR count). The fourth-order valence-corrected chi connectivity index (χ4v) is 1.58. The molecule has 2 aromatic rings. The summed E-state index contributed by atoms with van der Waals surface area (Å²) in [5.74, 6) is -1.18. The summed E-state index contributed by atoms with van der Waals surface area (Å²) in [7, 11) is 0. The van der Waals surface area contributed by atoms with Crippen molar-refractivity contribution < 1.29 is 9.90 Å². The Morgan fingerprint density at radius 3 is 2.81 bits per heavy atom. The minimum Gasteiger partial charge on any atom is -0.478 e. The summed E-state index contributed by atoms with van der Waals surface area (Å²) in [4.78, 5) is 28.6. The molecule has 2 N–H and O–H groups in total. The quantitative estimate of drug-likeness (QED) is 0.739. The van der Waals surface area contributed by atoms with Crippen molar-refractivity contribution >= 4 is 28.6 Å². The minimum absolute atomic E-state index is 0.0913. The predicted molar refractivity (Wildman–Crippen MR) is 59.1 cm³/mol. The first kappa shape index (κ1) is 10.6. The Labute approximate surface area is 94.7 Å². The van der Waals surface area contributed by atoms with Gasteiger partial charge in [-0.25, -0.2) is 9.78 Å². The van der Waals surface area contributed by atoms with E-state index in [0.717, 1.165) is 0 Å². The number of halogens is 1. The van der Waals surface area contributed by atoms with Gasteiger partial charge in [-0.2, -0.15) is 0 Å². The Bertz CT molecular complexity index is 648. The molecular formula is C10H7ClN2O3. The van der Waals surface area contributed by atoms with Crippen LogP contribution in [0.1, 0.15) is 15.9 Å². The van der Waals surface area contributed by atoms with Gasteiger partial charge >= 0.3 is 5.97 Å². The maximum absolute atomic E-state index is 11.3. The van der Waals surface area contributed by atoms with Crippen LogP contribution in [0.5, 0.6) is 0 Å².